The smallest absolute Gasteiger partial charge is 0.433 e. The van der Waals surface area contributed by atoms with Gasteiger partial charge in [-0.25, -0.2) is 9.67 Å². The van der Waals surface area contributed by atoms with Crippen LogP contribution in [0.2, 0.25) is 0 Å². The summed E-state index contributed by atoms with van der Waals surface area (Å²) in [6.45, 7) is 1.40. The molecule has 0 saturated carbocycles. The lowest BCUT2D eigenvalue weighted by atomic mass is 10.1. The molecule has 234 valence electrons. The second-order valence-electron chi connectivity index (χ2n) is 10.7. The van der Waals surface area contributed by atoms with Crippen molar-refractivity contribution in [3.63, 3.8) is 0 Å². The van der Waals surface area contributed by atoms with Crippen LogP contribution < -0.4 is 20.1 Å². The Morgan fingerprint density at radius 1 is 0.783 bits per heavy atom. The first-order chi connectivity index (χ1) is 22.2. The van der Waals surface area contributed by atoms with Crippen molar-refractivity contribution >= 4 is 16.6 Å². The Bertz CT molecular complexity index is 1910. The molecule has 0 bridgehead atoms. The number of nitrogens with zero attached hydrogens (tertiary/aromatic N) is 5. The summed E-state index contributed by atoms with van der Waals surface area (Å²) >= 11 is 0. The van der Waals surface area contributed by atoms with E-state index in [0.29, 0.717) is 30.0 Å². The molecule has 0 saturated heterocycles. The van der Waals surface area contributed by atoms with E-state index in [-0.39, 0.29) is 12.4 Å². The first kappa shape index (κ1) is 30.6. The van der Waals surface area contributed by atoms with Gasteiger partial charge in [0, 0.05) is 36.3 Å². The molecule has 0 unspecified atom stereocenters. The molecule has 46 heavy (non-hydrogen) atoms. The van der Waals surface area contributed by atoms with Crippen LogP contribution in [0.3, 0.4) is 0 Å². The van der Waals surface area contributed by atoms with Gasteiger partial charge in [0.2, 0.25) is 0 Å². The number of alkyl halides is 3. The van der Waals surface area contributed by atoms with Crippen molar-refractivity contribution < 1.29 is 22.6 Å². The van der Waals surface area contributed by atoms with Gasteiger partial charge < -0.3 is 20.1 Å². The monoisotopic (exact) mass is 624 g/mol. The van der Waals surface area contributed by atoms with Crippen molar-refractivity contribution in [1.82, 2.24) is 19.7 Å². The summed E-state index contributed by atoms with van der Waals surface area (Å²) in [5.74, 6) is 1.62. The number of hydrogen-bond acceptors (Lipinski definition) is 7. The Kier molecular flexibility index (Phi) is 8.58. The number of fused-ring (bicyclic) bond motifs is 1. The summed E-state index contributed by atoms with van der Waals surface area (Å²) in [5, 5.41) is 5.09. The zero-order valence-electron chi connectivity index (χ0n) is 25.2. The highest BCUT2D eigenvalue weighted by Gasteiger charge is 2.32. The van der Waals surface area contributed by atoms with Crippen molar-refractivity contribution in [3.8, 4) is 28.6 Å². The zero-order valence-corrected chi connectivity index (χ0v) is 25.2. The molecule has 0 amide bonds. The molecule has 0 spiro atoms. The second-order valence-corrected chi connectivity index (χ2v) is 10.7. The third-order valence-corrected chi connectivity index (χ3v) is 7.61. The highest BCUT2D eigenvalue weighted by atomic mass is 19.4. The van der Waals surface area contributed by atoms with Crippen LogP contribution in [0.4, 0.5) is 18.9 Å². The van der Waals surface area contributed by atoms with Crippen LogP contribution in [-0.2, 0) is 25.8 Å². The summed E-state index contributed by atoms with van der Waals surface area (Å²) in [7, 11) is 3.27. The van der Waals surface area contributed by atoms with Gasteiger partial charge in [-0.1, -0.05) is 42.5 Å². The Morgan fingerprint density at radius 3 is 2.02 bits per heavy atom. The standard InChI is InChI=1S/C35H31F3N6O2/c1-45-29-12-6-23(7-13-29)21-43(22-24-8-14-30(46-2)15-9-24)28-17-27(19-39)41-31(18-28)25-10-11-26-20-40-44(32(26)16-25)34-5-3-4-33(42-34)35(36,37)38/h3-18,20H,19,21-22,39H2,1-2H3. The van der Waals surface area contributed by atoms with Crippen LogP contribution in [0.25, 0.3) is 28.0 Å². The summed E-state index contributed by atoms with van der Waals surface area (Å²) in [5.41, 5.74) is 10.9. The molecular weight excluding hydrogens is 593 g/mol. The van der Waals surface area contributed by atoms with Crippen LogP contribution >= 0.6 is 0 Å². The van der Waals surface area contributed by atoms with Gasteiger partial charge in [0.25, 0.3) is 0 Å². The Hall–Kier alpha value is -5.42. The number of ether oxygens (including phenoxy) is 2. The molecule has 6 rings (SSSR count). The average molecular weight is 625 g/mol. The van der Waals surface area contributed by atoms with Gasteiger partial charge in [-0.2, -0.15) is 18.3 Å². The predicted octanol–water partition coefficient (Wildman–Crippen LogP) is 7.18. The van der Waals surface area contributed by atoms with Crippen molar-refractivity contribution in [2.45, 2.75) is 25.8 Å². The van der Waals surface area contributed by atoms with Gasteiger partial charge in [-0.05, 0) is 65.7 Å². The number of anilines is 1. The minimum Gasteiger partial charge on any atom is -0.497 e. The molecule has 11 heteroatoms. The third-order valence-electron chi connectivity index (χ3n) is 7.61. The number of halogens is 3. The fraction of sp³-hybridized carbons (Fsp3) is 0.171. The highest BCUT2D eigenvalue weighted by molar-refractivity contribution is 5.85. The maximum atomic E-state index is 13.4. The summed E-state index contributed by atoms with van der Waals surface area (Å²) < 4.78 is 52.3. The molecule has 3 aromatic heterocycles. The quantitative estimate of drug-likeness (QED) is 0.173. The molecule has 0 aliphatic rings. The van der Waals surface area contributed by atoms with E-state index in [1.807, 2.05) is 78.9 Å². The van der Waals surface area contributed by atoms with E-state index in [4.69, 9.17) is 20.2 Å². The fourth-order valence-corrected chi connectivity index (χ4v) is 5.21. The van der Waals surface area contributed by atoms with Crippen LogP contribution in [0, 0.1) is 0 Å². The minimum absolute atomic E-state index is 0.0662. The molecule has 3 heterocycles. The zero-order chi connectivity index (χ0) is 32.3. The van der Waals surface area contributed by atoms with Crippen molar-refractivity contribution in [2.75, 3.05) is 19.1 Å². The van der Waals surface area contributed by atoms with E-state index in [1.54, 1.807) is 20.4 Å². The minimum atomic E-state index is -4.57. The molecule has 0 fully saturated rings. The van der Waals surface area contributed by atoms with Gasteiger partial charge in [0.15, 0.2) is 5.82 Å². The van der Waals surface area contributed by atoms with Crippen LogP contribution in [0.5, 0.6) is 11.5 Å². The lowest BCUT2D eigenvalue weighted by Gasteiger charge is -2.26. The fourth-order valence-electron chi connectivity index (χ4n) is 5.21. The molecule has 0 aliphatic heterocycles. The first-order valence-corrected chi connectivity index (χ1v) is 14.5. The van der Waals surface area contributed by atoms with Gasteiger partial charge >= 0.3 is 6.18 Å². The number of rotatable bonds is 10. The van der Waals surface area contributed by atoms with E-state index in [9.17, 15) is 13.2 Å². The van der Waals surface area contributed by atoms with E-state index < -0.39 is 11.9 Å². The number of benzene rings is 3. The lowest BCUT2D eigenvalue weighted by Crippen LogP contribution is -2.23. The lowest BCUT2D eigenvalue weighted by molar-refractivity contribution is -0.141. The number of aromatic nitrogens is 4. The molecule has 0 atom stereocenters. The average Bonchev–Trinajstić information content (AvgIpc) is 3.51. The number of methoxy groups -OCH3 is 2. The molecule has 0 aliphatic carbocycles. The van der Waals surface area contributed by atoms with Gasteiger partial charge in [-0.15, -0.1) is 0 Å². The number of hydrogen-bond donors (Lipinski definition) is 1. The summed E-state index contributed by atoms with van der Waals surface area (Å²) in [6.07, 6.45) is -2.97. The molecule has 6 aromatic rings. The van der Waals surface area contributed by atoms with Gasteiger partial charge in [-0.3, -0.25) is 4.98 Å². The van der Waals surface area contributed by atoms with Crippen molar-refractivity contribution in [2.24, 2.45) is 5.73 Å². The topological polar surface area (TPSA) is 91.3 Å². The van der Waals surface area contributed by atoms with E-state index in [2.05, 4.69) is 15.0 Å². The SMILES string of the molecule is COc1ccc(CN(Cc2ccc(OC)cc2)c2cc(CN)nc(-c3ccc4cnn(-c5cccc(C(F)(F)F)n5)c4c3)c2)cc1. The normalized spacial score (nSPS) is 11.5. The van der Waals surface area contributed by atoms with Crippen LogP contribution in [0.1, 0.15) is 22.5 Å². The number of pyridine rings is 2. The summed E-state index contributed by atoms with van der Waals surface area (Å²) in [4.78, 5) is 10.9. The van der Waals surface area contributed by atoms with Crippen LogP contribution in [-0.4, -0.2) is 34.0 Å². The highest BCUT2D eigenvalue weighted by Crippen LogP contribution is 2.32. The Morgan fingerprint density at radius 2 is 1.43 bits per heavy atom. The van der Waals surface area contributed by atoms with E-state index in [0.717, 1.165) is 45.3 Å². The molecule has 2 N–H and O–H groups in total. The maximum absolute atomic E-state index is 13.4. The molecular formula is C35H31F3N6O2. The number of nitrogens with two attached hydrogens (primary N) is 1. The molecule has 0 radical (unpaired) electrons. The Balaban J connectivity index is 1.41. The maximum Gasteiger partial charge on any atom is 0.433 e. The van der Waals surface area contributed by atoms with E-state index in [1.165, 1.54) is 16.8 Å². The van der Waals surface area contributed by atoms with Crippen molar-refractivity contribution in [1.29, 1.82) is 0 Å². The second kappa shape index (κ2) is 12.9. The van der Waals surface area contributed by atoms with Gasteiger partial charge in [0.1, 0.15) is 17.2 Å². The Labute approximate surface area is 263 Å². The molecule has 3 aromatic carbocycles. The van der Waals surface area contributed by atoms with E-state index >= 15 is 0 Å². The van der Waals surface area contributed by atoms with Crippen molar-refractivity contribution in [3.05, 3.63) is 126 Å². The largest absolute Gasteiger partial charge is 0.497 e. The van der Waals surface area contributed by atoms with Crippen LogP contribution in [0.15, 0.2) is 103 Å². The summed E-state index contributed by atoms with van der Waals surface area (Å²) in [6, 6.07) is 29.2. The predicted molar refractivity (Wildman–Crippen MR) is 171 cm³/mol. The molecule has 8 nitrogen and oxygen atoms in total. The van der Waals surface area contributed by atoms with Gasteiger partial charge in [0.05, 0.1) is 37.3 Å². The first-order valence-electron chi connectivity index (χ1n) is 14.5. The third kappa shape index (κ3) is 6.64.